The number of hydrogen-bond acceptors (Lipinski definition) is 5. The van der Waals surface area contributed by atoms with Gasteiger partial charge < -0.3 is 24.3 Å². The molecule has 6 heteroatoms. The van der Waals surface area contributed by atoms with E-state index in [-0.39, 0.29) is 0 Å². The van der Waals surface area contributed by atoms with Gasteiger partial charge in [0.15, 0.2) is 23.0 Å². The lowest BCUT2D eigenvalue weighted by atomic mass is 10.1. The van der Waals surface area contributed by atoms with E-state index in [0.717, 1.165) is 28.3 Å². The van der Waals surface area contributed by atoms with Gasteiger partial charge in [-0.1, -0.05) is 35.9 Å². The molecule has 0 bridgehead atoms. The normalized spacial score (nSPS) is 12.4. The third-order valence-corrected chi connectivity index (χ3v) is 5.35. The second kappa shape index (κ2) is 9.18. The number of benzene rings is 3. The Morgan fingerprint density at radius 2 is 1.73 bits per heavy atom. The summed E-state index contributed by atoms with van der Waals surface area (Å²) in [4.78, 5) is 0. The van der Waals surface area contributed by atoms with Gasteiger partial charge in [-0.25, -0.2) is 0 Å². The molecule has 0 amide bonds. The summed E-state index contributed by atoms with van der Waals surface area (Å²) in [6, 6.07) is 17.6. The van der Waals surface area contributed by atoms with Crippen molar-refractivity contribution < 1.29 is 18.9 Å². The van der Waals surface area contributed by atoms with E-state index < -0.39 is 0 Å². The number of rotatable bonds is 7. The summed E-state index contributed by atoms with van der Waals surface area (Å²) in [5, 5.41) is 3.98. The first kappa shape index (κ1) is 20.2. The summed E-state index contributed by atoms with van der Waals surface area (Å²) >= 11 is 6.53. The molecule has 1 N–H and O–H groups in total. The first-order valence-corrected chi connectivity index (χ1v) is 10.2. The Balaban J connectivity index is 1.46. The second-order valence-electron chi connectivity index (χ2n) is 7.02. The molecular weight excluding hydrogens is 402 g/mol. The highest BCUT2D eigenvalue weighted by Crippen LogP contribution is 2.36. The standard InChI is InChI=1S/C24H24ClNO4/c1-16-5-3-4-6-17(16)15-30-24-13-20(25)18(11-22(24)27-2)14-26-19-7-8-21-23(12-19)29-10-9-28-21/h3-8,11-13,26H,9-10,14-15H2,1-2H3. The van der Waals surface area contributed by atoms with Gasteiger partial charge in [0.1, 0.15) is 19.8 Å². The van der Waals surface area contributed by atoms with Crippen molar-refractivity contribution in [1.29, 1.82) is 0 Å². The van der Waals surface area contributed by atoms with Crippen LogP contribution in [0.3, 0.4) is 0 Å². The Labute approximate surface area is 181 Å². The SMILES string of the molecule is COc1cc(CNc2ccc3c(c2)OCCO3)c(Cl)cc1OCc1ccccc1C. The fourth-order valence-corrected chi connectivity index (χ4v) is 3.48. The van der Waals surface area contributed by atoms with Crippen LogP contribution in [0.2, 0.25) is 5.02 Å². The molecular formula is C24H24ClNO4. The Kier molecular flexibility index (Phi) is 6.19. The van der Waals surface area contributed by atoms with E-state index in [2.05, 4.69) is 24.4 Å². The van der Waals surface area contributed by atoms with Gasteiger partial charge in [-0.05, 0) is 41.8 Å². The van der Waals surface area contributed by atoms with Gasteiger partial charge in [0.25, 0.3) is 0 Å². The van der Waals surface area contributed by atoms with E-state index in [9.17, 15) is 0 Å². The summed E-state index contributed by atoms with van der Waals surface area (Å²) in [6.07, 6.45) is 0. The molecule has 0 aliphatic carbocycles. The van der Waals surface area contributed by atoms with Crippen LogP contribution in [0.15, 0.2) is 54.6 Å². The summed E-state index contributed by atoms with van der Waals surface area (Å²) in [7, 11) is 1.63. The van der Waals surface area contributed by atoms with Crippen molar-refractivity contribution in [2.24, 2.45) is 0 Å². The monoisotopic (exact) mass is 425 g/mol. The van der Waals surface area contributed by atoms with Crippen LogP contribution >= 0.6 is 11.6 Å². The molecule has 3 aromatic rings. The molecule has 0 spiro atoms. The van der Waals surface area contributed by atoms with E-state index in [1.165, 1.54) is 5.56 Å². The van der Waals surface area contributed by atoms with Crippen LogP contribution in [0.4, 0.5) is 5.69 Å². The molecule has 0 saturated carbocycles. The van der Waals surface area contributed by atoms with Gasteiger partial charge in [0.2, 0.25) is 0 Å². The van der Waals surface area contributed by atoms with E-state index >= 15 is 0 Å². The zero-order valence-corrected chi connectivity index (χ0v) is 17.8. The zero-order valence-electron chi connectivity index (χ0n) is 17.0. The molecule has 1 aliphatic heterocycles. The largest absolute Gasteiger partial charge is 0.493 e. The predicted molar refractivity (Wildman–Crippen MR) is 118 cm³/mol. The molecule has 3 aromatic carbocycles. The first-order chi connectivity index (χ1) is 14.6. The van der Waals surface area contributed by atoms with E-state index in [0.29, 0.717) is 42.9 Å². The van der Waals surface area contributed by atoms with Crippen molar-refractivity contribution in [3.05, 3.63) is 76.3 Å². The lowest BCUT2D eigenvalue weighted by molar-refractivity contribution is 0.171. The van der Waals surface area contributed by atoms with Crippen LogP contribution in [0.25, 0.3) is 0 Å². The minimum atomic E-state index is 0.453. The molecule has 5 nitrogen and oxygen atoms in total. The van der Waals surface area contributed by atoms with Gasteiger partial charge in [-0.2, -0.15) is 0 Å². The molecule has 0 aromatic heterocycles. The van der Waals surface area contributed by atoms with Crippen LogP contribution in [-0.2, 0) is 13.2 Å². The average Bonchev–Trinajstić information content (AvgIpc) is 2.77. The molecule has 0 fully saturated rings. The molecule has 0 unspecified atom stereocenters. The second-order valence-corrected chi connectivity index (χ2v) is 7.43. The highest BCUT2D eigenvalue weighted by Gasteiger charge is 2.14. The molecule has 1 aliphatic rings. The summed E-state index contributed by atoms with van der Waals surface area (Å²) in [5.74, 6) is 2.78. The molecule has 0 saturated heterocycles. The maximum atomic E-state index is 6.53. The quantitative estimate of drug-likeness (QED) is 0.532. The van der Waals surface area contributed by atoms with Crippen LogP contribution in [0, 0.1) is 6.92 Å². The maximum absolute atomic E-state index is 6.53. The number of ether oxygens (including phenoxy) is 4. The van der Waals surface area contributed by atoms with Crippen molar-refractivity contribution in [3.8, 4) is 23.0 Å². The molecule has 4 rings (SSSR count). The number of anilines is 1. The van der Waals surface area contributed by atoms with Crippen LogP contribution in [0.1, 0.15) is 16.7 Å². The number of fused-ring (bicyclic) bond motifs is 1. The summed E-state index contributed by atoms with van der Waals surface area (Å²) in [6.45, 7) is 4.19. The summed E-state index contributed by atoms with van der Waals surface area (Å²) in [5.41, 5.74) is 4.14. The Morgan fingerprint density at radius 3 is 2.53 bits per heavy atom. The minimum Gasteiger partial charge on any atom is -0.493 e. The number of aryl methyl sites for hydroxylation is 1. The highest BCUT2D eigenvalue weighted by atomic mass is 35.5. The van der Waals surface area contributed by atoms with Gasteiger partial charge in [-0.15, -0.1) is 0 Å². The van der Waals surface area contributed by atoms with Crippen LogP contribution < -0.4 is 24.3 Å². The van der Waals surface area contributed by atoms with E-state index in [4.69, 9.17) is 30.5 Å². The minimum absolute atomic E-state index is 0.453. The maximum Gasteiger partial charge on any atom is 0.163 e. The third-order valence-electron chi connectivity index (χ3n) is 5.00. The topological polar surface area (TPSA) is 49.0 Å². The van der Waals surface area contributed by atoms with Crippen molar-refractivity contribution in [1.82, 2.24) is 0 Å². The van der Waals surface area contributed by atoms with Gasteiger partial charge in [-0.3, -0.25) is 0 Å². The smallest absolute Gasteiger partial charge is 0.163 e. The highest BCUT2D eigenvalue weighted by molar-refractivity contribution is 6.31. The number of methoxy groups -OCH3 is 1. The van der Waals surface area contributed by atoms with Crippen molar-refractivity contribution in [2.45, 2.75) is 20.1 Å². The third kappa shape index (κ3) is 4.57. The average molecular weight is 426 g/mol. The number of halogens is 1. The molecule has 0 radical (unpaired) electrons. The van der Waals surface area contributed by atoms with E-state index in [1.807, 2.05) is 36.4 Å². The fraction of sp³-hybridized carbons (Fsp3) is 0.250. The summed E-state index contributed by atoms with van der Waals surface area (Å²) < 4.78 is 22.7. The predicted octanol–water partition coefficient (Wildman–Crippen LogP) is 5.62. The lowest BCUT2D eigenvalue weighted by Crippen LogP contribution is -2.15. The van der Waals surface area contributed by atoms with Crippen LogP contribution in [0.5, 0.6) is 23.0 Å². The lowest BCUT2D eigenvalue weighted by Gasteiger charge is -2.19. The molecule has 30 heavy (non-hydrogen) atoms. The number of hydrogen-bond donors (Lipinski definition) is 1. The van der Waals surface area contributed by atoms with E-state index in [1.54, 1.807) is 13.2 Å². The van der Waals surface area contributed by atoms with Gasteiger partial charge >= 0.3 is 0 Å². The van der Waals surface area contributed by atoms with Crippen molar-refractivity contribution in [3.63, 3.8) is 0 Å². The Morgan fingerprint density at radius 1 is 0.933 bits per heavy atom. The zero-order chi connectivity index (χ0) is 20.9. The Bertz CT molecular complexity index is 1040. The van der Waals surface area contributed by atoms with Gasteiger partial charge in [0.05, 0.1) is 7.11 Å². The molecule has 0 atom stereocenters. The van der Waals surface area contributed by atoms with Crippen LogP contribution in [-0.4, -0.2) is 20.3 Å². The number of nitrogens with one attached hydrogen (secondary N) is 1. The molecule has 156 valence electrons. The molecule has 1 heterocycles. The van der Waals surface area contributed by atoms with Gasteiger partial charge in [0, 0.05) is 29.4 Å². The van der Waals surface area contributed by atoms with Crippen molar-refractivity contribution >= 4 is 17.3 Å². The fourth-order valence-electron chi connectivity index (χ4n) is 3.26. The Hall–Kier alpha value is -3.05. The van der Waals surface area contributed by atoms with Crippen molar-refractivity contribution in [2.75, 3.05) is 25.6 Å². The first-order valence-electron chi connectivity index (χ1n) is 9.81.